The summed E-state index contributed by atoms with van der Waals surface area (Å²) in [5.74, 6) is -0.476. The third-order valence-electron chi connectivity index (χ3n) is 4.58. The monoisotopic (exact) mass is 384 g/mol. The molecule has 0 atom stereocenters. The molecule has 2 N–H and O–H groups in total. The molecule has 0 aliphatic heterocycles. The standard InChI is InChI=1S/C23H20N4O2/c28-22(14-18-8-3-7-17-6-1-2-11-21(17)18)24-16-23(29)26-19-9-4-10-20(15-19)27-13-5-12-25-27/h1-13,15H,14,16H2,(H,24,28)(H,26,29). The minimum atomic E-state index is -0.283. The first kappa shape index (κ1) is 18.4. The van der Waals surface area contributed by atoms with Gasteiger partial charge in [-0.05, 0) is 40.6 Å². The second-order valence-corrected chi connectivity index (χ2v) is 6.64. The fraction of sp³-hybridized carbons (Fsp3) is 0.0870. The molecule has 0 radical (unpaired) electrons. The van der Waals surface area contributed by atoms with Crippen molar-refractivity contribution in [3.05, 3.63) is 90.8 Å². The van der Waals surface area contributed by atoms with Gasteiger partial charge in [-0.15, -0.1) is 0 Å². The van der Waals surface area contributed by atoms with Crippen LogP contribution in [0.15, 0.2) is 85.2 Å². The van der Waals surface area contributed by atoms with E-state index in [2.05, 4.69) is 15.7 Å². The molecule has 4 rings (SSSR count). The first-order chi connectivity index (χ1) is 14.2. The SMILES string of the molecule is O=C(Cc1cccc2ccccc12)NCC(=O)Nc1cccc(-n2cccn2)c1. The molecule has 0 spiro atoms. The summed E-state index contributed by atoms with van der Waals surface area (Å²) in [6, 6.07) is 23.0. The van der Waals surface area contributed by atoms with E-state index in [9.17, 15) is 9.59 Å². The summed E-state index contributed by atoms with van der Waals surface area (Å²) in [5.41, 5.74) is 2.42. The number of benzene rings is 3. The summed E-state index contributed by atoms with van der Waals surface area (Å²) in [4.78, 5) is 24.6. The maximum atomic E-state index is 12.3. The van der Waals surface area contributed by atoms with Crippen molar-refractivity contribution < 1.29 is 9.59 Å². The zero-order chi connectivity index (χ0) is 20.1. The van der Waals surface area contributed by atoms with Crippen LogP contribution in [0, 0.1) is 0 Å². The Hall–Kier alpha value is -3.93. The molecule has 3 aromatic carbocycles. The van der Waals surface area contributed by atoms with Gasteiger partial charge in [0, 0.05) is 18.1 Å². The van der Waals surface area contributed by atoms with Gasteiger partial charge in [-0.25, -0.2) is 4.68 Å². The van der Waals surface area contributed by atoms with Gasteiger partial charge < -0.3 is 10.6 Å². The quantitative estimate of drug-likeness (QED) is 0.535. The Morgan fingerprint density at radius 3 is 2.59 bits per heavy atom. The molecule has 4 aromatic rings. The lowest BCUT2D eigenvalue weighted by atomic mass is 10.0. The first-order valence-corrected chi connectivity index (χ1v) is 9.32. The molecule has 6 heteroatoms. The highest BCUT2D eigenvalue weighted by atomic mass is 16.2. The van der Waals surface area contributed by atoms with Gasteiger partial charge >= 0.3 is 0 Å². The Kier molecular flexibility index (Phi) is 5.33. The predicted molar refractivity (Wildman–Crippen MR) is 113 cm³/mol. The van der Waals surface area contributed by atoms with Gasteiger partial charge in [0.2, 0.25) is 11.8 Å². The Labute approximate surface area is 168 Å². The lowest BCUT2D eigenvalue weighted by Crippen LogP contribution is -2.33. The van der Waals surface area contributed by atoms with Crippen LogP contribution in [0.1, 0.15) is 5.56 Å². The van der Waals surface area contributed by atoms with Gasteiger partial charge in [-0.2, -0.15) is 5.10 Å². The van der Waals surface area contributed by atoms with E-state index >= 15 is 0 Å². The van der Waals surface area contributed by atoms with Gasteiger partial charge in [-0.3, -0.25) is 9.59 Å². The Bertz CT molecular complexity index is 1150. The van der Waals surface area contributed by atoms with E-state index in [0.717, 1.165) is 22.0 Å². The second-order valence-electron chi connectivity index (χ2n) is 6.64. The first-order valence-electron chi connectivity index (χ1n) is 9.32. The summed E-state index contributed by atoms with van der Waals surface area (Å²) in [7, 11) is 0. The van der Waals surface area contributed by atoms with Crippen LogP contribution in [0.2, 0.25) is 0 Å². The van der Waals surface area contributed by atoms with Crippen LogP contribution < -0.4 is 10.6 Å². The number of rotatable bonds is 6. The molecular formula is C23H20N4O2. The zero-order valence-electron chi connectivity index (χ0n) is 15.7. The minimum Gasteiger partial charge on any atom is -0.347 e. The van der Waals surface area contributed by atoms with Crippen LogP contribution in [-0.2, 0) is 16.0 Å². The molecule has 0 bridgehead atoms. The van der Waals surface area contributed by atoms with E-state index in [1.54, 1.807) is 16.9 Å². The Balaban J connectivity index is 1.34. The van der Waals surface area contributed by atoms with E-state index in [0.29, 0.717) is 5.69 Å². The summed E-state index contributed by atoms with van der Waals surface area (Å²) in [5, 5.41) is 11.8. The summed E-state index contributed by atoms with van der Waals surface area (Å²) >= 11 is 0. The number of fused-ring (bicyclic) bond motifs is 1. The van der Waals surface area contributed by atoms with Crippen LogP contribution in [0.4, 0.5) is 5.69 Å². The number of anilines is 1. The van der Waals surface area contributed by atoms with Gasteiger partial charge in [0.15, 0.2) is 0 Å². The highest BCUT2D eigenvalue weighted by molar-refractivity contribution is 5.96. The molecule has 0 saturated carbocycles. The predicted octanol–water partition coefficient (Wildman–Crippen LogP) is 3.32. The largest absolute Gasteiger partial charge is 0.347 e. The lowest BCUT2D eigenvalue weighted by Gasteiger charge is -2.10. The minimum absolute atomic E-state index is 0.0877. The number of amides is 2. The van der Waals surface area contributed by atoms with Crippen molar-refractivity contribution in [2.75, 3.05) is 11.9 Å². The molecule has 29 heavy (non-hydrogen) atoms. The van der Waals surface area contributed by atoms with Crippen LogP contribution in [0.25, 0.3) is 16.5 Å². The molecule has 0 saturated heterocycles. The lowest BCUT2D eigenvalue weighted by molar-refractivity contribution is -0.123. The van der Waals surface area contributed by atoms with Crippen LogP contribution in [0.5, 0.6) is 0 Å². The fourth-order valence-electron chi connectivity index (χ4n) is 3.21. The average Bonchev–Trinajstić information content (AvgIpc) is 3.28. The number of carbonyl (C=O) groups excluding carboxylic acids is 2. The van der Waals surface area contributed by atoms with Crippen molar-refractivity contribution in [1.29, 1.82) is 0 Å². The molecular weight excluding hydrogens is 364 g/mol. The third-order valence-corrected chi connectivity index (χ3v) is 4.58. The van der Waals surface area contributed by atoms with E-state index < -0.39 is 0 Å². The molecule has 144 valence electrons. The van der Waals surface area contributed by atoms with Crippen LogP contribution in [-0.4, -0.2) is 28.1 Å². The topological polar surface area (TPSA) is 76.0 Å². The van der Waals surface area contributed by atoms with E-state index in [1.165, 1.54) is 0 Å². The van der Waals surface area contributed by atoms with Gasteiger partial charge in [0.1, 0.15) is 0 Å². The number of nitrogens with zero attached hydrogens (tertiary/aromatic N) is 2. The van der Waals surface area contributed by atoms with Crippen molar-refractivity contribution in [1.82, 2.24) is 15.1 Å². The van der Waals surface area contributed by atoms with Crippen molar-refractivity contribution in [2.24, 2.45) is 0 Å². The van der Waals surface area contributed by atoms with E-state index in [4.69, 9.17) is 0 Å². The van der Waals surface area contributed by atoms with Crippen molar-refractivity contribution >= 4 is 28.3 Å². The maximum Gasteiger partial charge on any atom is 0.243 e. The van der Waals surface area contributed by atoms with Gasteiger partial charge in [0.25, 0.3) is 0 Å². The van der Waals surface area contributed by atoms with Crippen molar-refractivity contribution in [3.63, 3.8) is 0 Å². The molecule has 0 fully saturated rings. The summed E-state index contributed by atoms with van der Waals surface area (Å²) < 4.78 is 1.71. The number of aromatic nitrogens is 2. The summed E-state index contributed by atoms with van der Waals surface area (Å²) in [6.45, 7) is -0.0877. The Morgan fingerprint density at radius 1 is 0.897 bits per heavy atom. The van der Waals surface area contributed by atoms with Crippen molar-refractivity contribution in [3.8, 4) is 5.69 Å². The molecule has 2 amide bonds. The third kappa shape index (κ3) is 4.50. The average molecular weight is 384 g/mol. The molecule has 6 nitrogen and oxygen atoms in total. The fourth-order valence-corrected chi connectivity index (χ4v) is 3.21. The van der Waals surface area contributed by atoms with Crippen LogP contribution in [0.3, 0.4) is 0 Å². The number of nitrogens with one attached hydrogen (secondary N) is 2. The molecule has 0 unspecified atom stereocenters. The highest BCUT2D eigenvalue weighted by Gasteiger charge is 2.09. The van der Waals surface area contributed by atoms with Gasteiger partial charge in [-0.1, -0.05) is 48.5 Å². The number of carbonyl (C=O) groups is 2. The molecule has 0 aliphatic rings. The zero-order valence-corrected chi connectivity index (χ0v) is 15.7. The smallest absolute Gasteiger partial charge is 0.243 e. The highest BCUT2D eigenvalue weighted by Crippen LogP contribution is 2.19. The molecule has 1 aromatic heterocycles. The molecule has 0 aliphatic carbocycles. The molecule has 1 heterocycles. The normalized spacial score (nSPS) is 10.6. The van der Waals surface area contributed by atoms with E-state index in [-0.39, 0.29) is 24.8 Å². The van der Waals surface area contributed by atoms with Crippen molar-refractivity contribution in [2.45, 2.75) is 6.42 Å². The second kappa shape index (κ2) is 8.39. The number of hydrogen-bond acceptors (Lipinski definition) is 3. The summed E-state index contributed by atoms with van der Waals surface area (Å²) in [6.07, 6.45) is 3.74. The maximum absolute atomic E-state index is 12.3. The van der Waals surface area contributed by atoms with Gasteiger partial charge in [0.05, 0.1) is 18.7 Å². The van der Waals surface area contributed by atoms with Crippen LogP contribution >= 0.6 is 0 Å². The number of hydrogen-bond donors (Lipinski definition) is 2. The Morgan fingerprint density at radius 2 is 1.72 bits per heavy atom. The van der Waals surface area contributed by atoms with E-state index in [1.807, 2.05) is 72.9 Å².